The molecule has 4 aliphatic heterocycles. The largest absolute Gasteiger partial charge is 0.504 e. The Hall–Kier alpha value is -5.51. The molecule has 2 amide bonds. The highest BCUT2D eigenvalue weighted by Gasteiger charge is 2.38. The minimum absolute atomic E-state index is 0.0198. The van der Waals surface area contributed by atoms with Crippen LogP contribution in [0.5, 0.6) is 23.0 Å². The molecular formula is C34H30N4O6. The molecule has 0 aliphatic carbocycles. The first kappa shape index (κ1) is 27.3. The molecule has 0 radical (unpaired) electrons. The molecule has 8 rings (SSSR count). The van der Waals surface area contributed by atoms with Crippen LogP contribution in [0.15, 0.2) is 77.8 Å². The number of hydrogen-bond donors (Lipinski definition) is 3. The number of methoxy groups -OCH3 is 2. The molecule has 4 aliphatic rings. The number of nitrogens with one attached hydrogen (secondary N) is 1. The molecule has 3 N–H and O–H groups in total. The zero-order chi connectivity index (χ0) is 30.5. The van der Waals surface area contributed by atoms with Gasteiger partial charge in [0, 0.05) is 42.7 Å². The van der Waals surface area contributed by atoms with Crippen molar-refractivity contribution >= 4 is 40.8 Å². The topological polar surface area (TPSA) is 124 Å². The maximum absolute atomic E-state index is 13.0. The summed E-state index contributed by atoms with van der Waals surface area (Å²) < 4.78 is 10.2. The number of carbonyl (C=O) groups excluding carboxylic acids is 2. The number of hydrogen-bond acceptors (Lipinski definition) is 8. The van der Waals surface area contributed by atoms with Crippen molar-refractivity contribution in [2.75, 3.05) is 35.9 Å². The zero-order valence-electron chi connectivity index (χ0n) is 24.2. The van der Waals surface area contributed by atoms with Gasteiger partial charge in [-0.15, -0.1) is 0 Å². The van der Waals surface area contributed by atoms with Crippen molar-refractivity contribution in [1.82, 2.24) is 0 Å². The smallest absolute Gasteiger partial charge is 0.261 e. The summed E-state index contributed by atoms with van der Waals surface area (Å²) in [5.74, 6) is 0.403. The molecule has 0 aromatic heterocycles. The third-order valence-electron chi connectivity index (χ3n) is 8.51. The number of amides is 2. The number of phenolic OH excluding ortho intramolecular Hbond substituents is 2. The number of fused-ring (bicyclic) bond motifs is 8. The average Bonchev–Trinajstić information content (AvgIpc) is 3.53. The van der Waals surface area contributed by atoms with Crippen LogP contribution >= 0.6 is 0 Å². The Morgan fingerprint density at radius 2 is 1.36 bits per heavy atom. The lowest BCUT2D eigenvalue weighted by molar-refractivity contribution is 0.0977. The molecule has 0 saturated carbocycles. The van der Waals surface area contributed by atoms with Crippen LogP contribution in [0.2, 0.25) is 0 Å². The van der Waals surface area contributed by atoms with Crippen molar-refractivity contribution < 1.29 is 29.3 Å². The number of phenols is 2. The second kappa shape index (κ2) is 10.6. The van der Waals surface area contributed by atoms with Gasteiger partial charge in [0.1, 0.15) is 0 Å². The van der Waals surface area contributed by atoms with Gasteiger partial charge < -0.3 is 29.9 Å². The first-order valence-electron chi connectivity index (χ1n) is 14.3. The van der Waals surface area contributed by atoms with Crippen LogP contribution in [0.4, 0.5) is 22.7 Å². The van der Waals surface area contributed by atoms with E-state index in [9.17, 15) is 19.8 Å². The number of para-hydroxylation sites is 2. The molecule has 0 fully saturated rings. The predicted octanol–water partition coefficient (Wildman–Crippen LogP) is 5.09. The number of nitrogens with zero attached hydrogens (tertiary/aromatic N) is 3. The summed E-state index contributed by atoms with van der Waals surface area (Å²) in [6.07, 6.45) is 3.37. The molecule has 2 atom stereocenters. The summed E-state index contributed by atoms with van der Waals surface area (Å²) in [5.41, 5.74) is 6.30. The number of carbonyl (C=O) groups is 2. The van der Waals surface area contributed by atoms with E-state index in [0.717, 1.165) is 29.8 Å². The Labute approximate surface area is 253 Å². The SMILES string of the molecule is COc1cc2c(cc1O)N=C[C@@H]1Cc3ccccc3N1C2=O.COc1cc2c(cc1O)NC[C@@H]1Cc3ccccc3N1C2=O. The molecule has 4 aromatic rings. The monoisotopic (exact) mass is 590 g/mol. The average molecular weight is 591 g/mol. The van der Waals surface area contributed by atoms with E-state index < -0.39 is 0 Å². The highest BCUT2D eigenvalue weighted by atomic mass is 16.5. The van der Waals surface area contributed by atoms with E-state index in [1.54, 1.807) is 29.3 Å². The van der Waals surface area contributed by atoms with Gasteiger partial charge in [0.15, 0.2) is 23.0 Å². The van der Waals surface area contributed by atoms with Gasteiger partial charge in [-0.3, -0.25) is 19.5 Å². The molecule has 0 bridgehead atoms. The number of aliphatic imine (C=N–C) groups is 1. The molecule has 4 heterocycles. The van der Waals surface area contributed by atoms with Crippen LogP contribution in [0.25, 0.3) is 0 Å². The van der Waals surface area contributed by atoms with Crippen molar-refractivity contribution in [2.45, 2.75) is 24.9 Å². The quantitative estimate of drug-likeness (QED) is 0.297. The fourth-order valence-electron chi connectivity index (χ4n) is 6.40. The molecule has 44 heavy (non-hydrogen) atoms. The Kier molecular flexibility index (Phi) is 6.61. The Morgan fingerprint density at radius 1 is 0.773 bits per heavy atom. The van der Waals surface area contributed by atoms with Crippen LogP contribution in [0, 0.1) is 0 Å². The van der Waals surface area contributed by atoms with Gasteiger partial charge in [-0.25, -0.2) is 0 Å². The fraction of sp³-hybridized carbons (Fsp3) is 0.206. The summed E-state index contributed by atoms with van der Waals surface area (Å²) in [7, 11) is 2.93. The van der Waals surface area contributed by atoms with Crippen molar-refractivity contribution in [3.63, 3.8) is 0 Å². The number of aromatic hydroxyl groups is 2. The summed E-state index contributed by atoms with van der Waals surface area (Å²) in [6.45, 7) is 0.652. The third-order valence-corrected chi connectivity index (χ3v) is 8.51. The summed E-state index contributed by atoms with van der Waals surface area (Å²) in [6, 6.07) is 22.0. The molecule has 222 valence electrons. The van der Waals surface area contributed by atoms with Crippen LogP contribution < -0.4 is 24.6 Å². The molecule has 10 heteroatoms. The Morgan fingerprint density at radius 3 is 2.07 bits per heavy atom. The minimum atomic E-state index is -0.124. The van der Waals surface area contributed by atoms with Crippen molar-refractivity contribution in [2.24, 2.45) is 4.99 Å². The lowest BCUT2D eigenvalue weighted by Crippen LogP contribution is -2.39. The van der Waals surface area contributed by atoms with Crippen LogP contribution in [0.1, 0.15) is 31.8 Å². The van der Waals surface area contributed by atoms with E-state index in [2.05, 4.69) is 16.4 Å². The fourth-order valence-corrected chi connectivity index (χ4v) is 6.40. The molecule has 0 spiro atoms. The number of benzene rings is 4. The third kappa shape index (κ3) is 4.38. The highest BCUT2D eigenvalue weighted by molar-refractivity contribution is 6.15. The van der Waals surface area contributed by atoms with Crippen molar-refractivity contribution in [3.8, 4) is 23.0 Å². The standard InChI is InChI=1S/C17H16N2O3.C17H14N2O3/c2*1-22-16-7-12-13(8-15(16)20)18-9-11-6-10-4-2-3-5-14(10)19(11)17(12)21/h2-5,7-8,11,18,20H,6,9H2,1H3;2-5,7-9,11,20H,6H2,1H3/t2*11-/m00/s1. The maximum Gasteiger partial charge on any atom is 0.261 e. The second-order valence-corrected chi connectivity index (χ2v) is 11.0. The Bertz CT molecular complexity index is 1850. The van der Waals surface area contributed by atoms with E-state index in [1.165, 1.54) is 25.8 Å². The van der Waals surface area contributed by atoms with E-state index in [-0.39, 0.29) is 41.1 Å². The van der Waals surface area contributed by atoms with Crippen molar-refractivity contribution in [3.05, 3.63) is 95.1 Å². The van der Waals surface area contributed by atoms with Gasteiger partial charge in [-0.05, 0) is 41.8 Å². The van der Waals surface area contributed by atoms with E-state index in [4.69, 9.17) is 9.47 Å². The van der Waals surface area contributed by atoms with Gasteiger partial charge in [-0.2, -0.15) is 0 Å². The number of rotatable bonds is 2. The normalized spacial score (nSPS) is 18.7. The van der Waals surface area contributed by atoms with Gasteiger partial charge in [0.25, 0.3) is 11.8 Å². The predicted molar refractivity (Wildman–Crippen MR) is 167 cm³/mol. The second-order valence-electron chi connectivity index (χ2n) is 11.0. The van der Waals surface area contributed by atoms with E-state index >= 15 is 0 Å². The van der Waals surface area contributed by atoms with Crippen LogP contribution in [-0.4, -0.2) is 61.1 Å². The number of ether oxygens (including phenoxy) is 2. The van der Waals surface area contributed by atoms with E-state index in [0.29, 0.717) is 34.8 Å². The molecule has 10 nitrogen and oxygen atoms in total. The van der Waals surface area contributed by atoms with Crippen LogP contribution in [0.3, 0.4) is 0 Å². The minimum Gasteiger partial charge on any atom is -0.504 e. The number of anilines is 3. The van der Waals surface area contributed by atoms with Gasteiger partial charge in [0.2, 0.25) is 0 Å². The zero-order valence-corrected chi connectivity index (χ0v) is 24.2. The molecule has 4 aromatic carbocycles. The first-order valence-corrected chi connectivity index (χ1v) is 14.3. The molecular weight excluding hydrogens is 560 g/mol. The Balaban J connectivity index is 0.000000142. The summed E-state index contributed by atoms with van der Waals surface area (Å²) in [5, 5.41) is 23.1. The molecule has 0 saturated heterocycles. The van der Waals surface area contributed by atoms with Crippen molar-refractivity contribution in [1.29, 1.82) is 0 Å². The molecule has 0 unspecified atom stereocenters. The lowest BCUT2D eigenvalue weighted by Gasteiger charge is -2.22. The van der Waals surface area contributed by atoms with Gasteiger partial charge in [-0.1, -0.05) is 36.4 Å². The maximum atomic E-state index is 13.0. The van der Waals surface area contributed by atoms with Gasteiger partial charge >= 0.3 is 0 Å². The lowest BCUT2D eigenvalue weighted by atomic mass is 10.1. The first-order chi connectivity index (χ1) is 21.4. The summed E-state index contributed by atoms with van der Waals surface area (Å²) in [4.78, 5) is 34.0. The van der Waals surface area contributed by atoms with E-state index in [1.807, 2.05) is 47.4 Å². The highest BCUT2D eigenvalue weighted by Crippen LogP contribution is 2.41. The van der Waals surface area contributed by atoms with Gasteiger partial charge in [0.05, 0.1) is 48.8 Å². The van der Waals surface area contributed by atoms with Crippen LogP contribution in [-0.2, 0) is 12.8 Å². The summed E-state index contributed by atoms with van der Waals surface area (Å²) >= 11 is 0.